The maximum absolute atomic E-state index is 12.3. The van der Waals surface area contributed by atoms with Crippen LogP contribution in [-0.4, -0.2) is 77.8 Å². The van der Waals surface area contributed by atoms with Gasteiger partial charge < -0.3 is 24.6 Å². The predicted molar refractivity (Wildman–Crippen MR) is 117 cm³/mol. The number of benzene rings is 2. The molecule has 1 heterocycles. The number of methoxy groups -OCH3 is 1. The van der Waals surface area contributed by atoms with E-state index < -0.39 is 11.9 Å². The highest BCUT2D eigenvalue weighted by molar-refractivity contribution is 6.30. The van der Waals surface area contributed by atoms with Crippen LogP contribution >= 0.6 is 11.6 Å². The summed E-state index contributed by atoms with van der Waals surface area (Å²) in [6.07, 6.45) is 0. The molecule has 1 aliphatic heterocycles. The number of halogens is 1. The highest BCUT2D eigenvalue weighted by Gasteiger charge is 2.22. The Kier molecular flexibility index (Phi) is 9.77. The molecule has 0 atom stereocenters. The fourth-order valence-electron chi connectivity index (χ4n) is 3.00. The standard InChI is InChI=1S/C20H23ClN2O3.C2H2O4/c1-25-19-5-3-2-4-16(19)14-22-10-12-23(13-11-22)20(24)15-26-18-8-6-17(21)7-9-18;3-1(4)2(5)6/h2-9H,10-15H2,1H3;(H,3,4)(H,5,6). The van der Waals surface area contributed by atoms with Gasteiger partial charge in [-0.2, -0.15) is 0 Å². The van der Waals surface area contributed by atoms with Gasteiger partial charge in [-0.1, -0.05) is 29.8 Å². The quantitative estimate of drug-likeness (QED) is 0.625. The van der Waals surface area contributed by atoms with Gasteiger partial charge in [0.15, 0.2) is 6.61 Å². The topological polar surface area (TPSA) is 117 Å². The van der Waals surface area contributed by atoms with Crippen molar-refractivity contribution in [3.05, 3.63) is 59.1 Å². The molecule has 2 aromatic rings. The zero-order chi connectivity index (χ0) is 23.5. The molecule has 1 saturated heterocycles. The smallest absolute Gasteiger partial charge is 0.414 e. The fourth-order valence-corrected chi connectivity index (χ4v) is 3.12. The predicted octanol–water partition coefficient (Wildman–Crippen LogP) is 2.23. The van der Waals surface area contributed by atoms with E-state index in [-0.39, 0.29) is 12.5 Å². The lowest BCUT2D eigenvalue weighted by molar-refractivity contribution is -0.159. The summed E-state index contributed by atoms with van der Waals surface area (Å²) in [5.41, 5.74) is 1.17. The minimum absolute atomic E-state index is 0.0110. The number of hydrogen-bond acceptors (Lipinski definition) is 6. The van der Waals surface area contributed by atoms with Gasteiger partial charge in [-0.25, -0.2) is 9.59 Å². The Bertz CT molecular complexity index is 901. The molecule has 32 heavy (non-hydrogen) atoms. The van der Waals surface area contributed by atoms with Gasteiger partial charge >= 0.3 is 11.9 Å². The Balaban J connectivity index is 0.000000534. The van der Waals surface area contributed by atoms with E-state index in [9.17, 15) is 4.79 Å². The molecule has 0 aliphatic carbocycles. The van der Waals surface area contributed by atoms with E-state index in [1.165, 1.54) is 5.56 Å². The fraction of sp³-hybridized carbons (Fsp3) is 0.318. The van der Waals surface area contributed by atoms with Crippen LogP contribution in [0.5, 0.6) is 11.5 Å². The molecule has 0 saturated carbocycles. The molecule has 0 unspecified atom stereocenters. The maximum atomic E-state index is 12.3. The summed E-state index contributed by atoms with van der Waals surface area (Å²) in [6.45, 7) is 3.97. The van der Waals surface area contributed by atoms with Crippen molar-refractivity contribution in [2.24, 2.45) is 0 Å². The maximum Gasteiger partial charge on any atom is 0.414 e. The van der Waals surface area contributed by atoms with Crippen molar-refractivity contribution in [3.63, 3.8) is 0 Å². The minimum Gasteiger partial charge on any atom is -0.496 e. The Hall–Kier alpha value is -3.30. The van der Waals surface area contributed by atoms with Gasteiger partial charge in [0, 0.05) is 43.3 Å². The molecule has 2 N–H and O–H groups in total. The summed E-state index contributed by atoms with van der Waals surface area (Å²) in [6, 6.07) is 15.1. The first-order valence-corrected chi connectivity index (χ1v) is 10.1. The van der Waals surface area contributed by atoms with E-state index in [0.29, 0.717) is 23.9 Å². The molecule has 2 aromatic carbocycles. The van der Waals surface area contributed by atoms with Gasteiger partial charge in [0.25, 0.3) is 5.91 Å². The number of para-hydroxylation sites is 1. The zero-order valence-electron chi connectivity index (χ0n) is 17.6. The summed E-state index contributed by atoms with van der Waals surface area (Å²) in [4.78, 5) is 34.7. The lowest BCUT2D eigenvalue weighted by Crippen LogP contribution is -2.49. The number of hydrogen-bond donors (Lipinski definition) is 2. The summed E-state index contributed by atoms with van der Waals surface area (Å²) in [5.74, 6) is -2.08. The second-order valence-electron chi connectivity index (χ2n) is 6.82. The first-order valence-electron chi connectivity index (χ1n) is 9.76. The van der Waals surface area contributed by atoms with Crippen LogP contribution in [0.2, 0.25) is 5.02 Å². The van der Waals surface area contributed by atoms with E-state index in [2.05, 4.69) is 11.0 Å². The van der Waals surface area contributed by atoms with Gasteiger partial charge in [0.05, 0.1) is 7.11 Å². The number of carboxylic acids is 2. The molecule has 10 heteroatoms. The molecule has 1 aliphatic rings. The number of carbonyl (C=O) groups is 3. The number of ether oxygens (including phenoxy) is 2. The molecule has 0 bridgehead atoms. The summed E-state index contributed by atoms with van der Waals surface area (Å²) < 4.78 is 11.0. The highest BCUT2D eigenvalue weighted by atomic mass is 35.5. The van der Waals surface area contributed by atoms with Crippen LogP contribution in [0.1, 0.15) is 5.56 Å². The number of rotatable bonds is 6. The SMILES string of the molecule is COc1ccccc1CN1CCN(C(=O)COc2ccc(Cl)cc2)CC1.O=C(O)C(=O)O. The third-order valence-electron chi connectivity index (χ3n) is 4.67. The largest absolute Gasteiger partial charge is 0.496 e. The molecule has 0 radical (unpaired) electrons. The van der Waals surface area contributed by atoms with E-state index in [4.69, 9.17) is 40.9 Å². The third kappa shape index (κ3) is 8.09. The van der Waals surface area contributed by atoms with Crippen LogP contribution < -0.4 is 9.47 Å². The van der Waals surface area contributed by atoms with Crippen LogP contribution in [0, 0.1) is 0 Å². The van der Waals surface area contributed by atoms with Gasteiger partial charge in [-0.3, -0.25) is 9.69 Å². The Labute approximate surface area is 190 Å². The summed E-state index contributed by atoms with van der Waals surface area (Å²) in [7, 11) is 1.69. The van der Waals surface area contributed by atoms with Gasteiger partial charge in [0.2, 0.25) is 0 Å². The monoisotopic (exact) mass is 464 g/mol. The molecular weight excluding hydrogens is 440 g/mol. The van der Waals surface area contributed by atoms with Crippen LogP contribution in [0.3, 0.4) is 0 Å². The molecule has 172 valence electrons. The van der Waals surface area contributed by atoms with Crippen molar-refractivity contribution >= 4 is 29.4 Å². The van der Waals surface area contributed by atoms with Crippen molar-refractivity contribution in [1.82, 2.24) is 9.80 Å². The van der Waals surface area contributed by atoms with Crippen molar-refractivity contribution in [2.45, 2.75) is 6.54 Å². The minimum atomic E-state index is -1.82. The van der Waals surface area contributed by atoms with Crippen LogP contribution in [0.25, 0.3) is 0 Å². The number of carbonyl (C=O) groups excluding carboxylic acids is 1. The van der Waals surface area contributed by atoms with Crippen LogP contribution in [0.4, 0.5) is 0 Å². The van der Waals surface area contributed by atoms with Gasteiger partial charge in [-0.15, -0.1) is 0 Å². The molecule has 1 amide bonds. The lowest BCUT2D eigenvalue weighted by Gasteiger charge is -2.34. The molecule has 0 spiro atoms. The van der Waals surface area contributed by atoms with Crippen molar-refractivity contribution in [3.8, 4) is 11.5 Å². The Morgan fingerprint density at radius 3 is 2.09 bits per heavy atom. The van der Waals surface area contributed by atoms with Crippen LogP contribution in [-0.2, 0) is 20.9 Å². The second kappa shape index (κ2) is 12.5. The summed E-state index contributed by atoms with van der Waals surface area (Å²) in [5, 5.41) is 15.4. The normalized spacial score (nSPS) is 13.5. The third-order valence-corrected chi connectivity index (χ3v) is 4.92. The average molecular weight is 465 g/mol. The lowest BCUT2D eigenvalue weighted by atomic mass is 10.1. The second-order valence-corrected chi connectivity index (χ2v) is 7.26. The van der Waals surface area contributed by atoms with Gasteiger partial charge in [-0.05, 0) is 30.3 Å². The van der Waals surface area contributed by atoms with E-state index >= 15 is 0 Å². The highest BCUT2D eigenvalue weighted by Crippen LogP contribution is 2.20. The van der Waals surface area contributed by atoms with Gasteiger partial charge in [0.1, 0.15) is 11.5 Å². The van der Waals surface area contributed by atoms with E-state index in [0.717, 1.165) is 25.4 Å². The number of carboxylic acid groups (broad SMARTS) is 2. The Morgan fingerprint density at radius 2 is 1.53 bits per heavy atom. The van der Waals surface area contributed by atoms with Crippen molar-refractivity contribution in [2.75, 3.05) is 39.9 Å². The van der Waals surface area contributed by atoms with Crippen molar-refractivity contribution < 1.29 is 34.1 Å². The first-order chi connectivity index (χ1) is 15.3. The van der Waals surface area contributed by atoms with E-state index in [1.54, 1.807) is 31.4 Å². The number of aliphatic carboxylic acids is 2. The number of piperazine rings is 1. The molecular formula is C22H25ClN2O7. The van der Waals surface area contributed by atoms with Crippen LogP contribution in [0.15, 0.2) is 48.5 Å². The van der Waals surface area contributed by atoms with E-state index in [1.807, 2.05) is 23.1 Å². The van der Waals surface area contributed by atoms with Crippen molar-refractivity contribution in [1.29, 1.82) is 0 Å². The summed E-state index contributed by atoms with van der Waals surface area (Å²) >= 11 is 5.84. The molecule has 9 nitrogen and oxygen atoms in total. The molecule has 0 aromatic heterocycles. The molecule has 1 fully saturated rings. The number of amides is 1. The number of nitrogens with zero attached hydrogens (tertiary/aromatic N) is 2. The molecule has 3 rings (SSSR count). The Morgan fingerprint density at radius 1 is 0.938 bits per heavy atom. The first kappa shape index (κ1) is 25.0. The average Bonchev–Trinajstić information content (AvgIpc) is 2.79. The zero-order valence-corrected chi connectivity index (χ0v) is 18.3.